The lowest BCUT2D eigenvalue weighted by molar-refractivity contribution is -0.146. The summed E-state index contributed by atoms with van der Waals surface area (Å²) in [6.45, 7) is 1.53. The van der Waals surface area contributed by atoms with Crippen molar-refractivity contribution in [2.75, 3.05) is 31.6 Å². The van der Waals surface area contributed by atoms with Gasteiger partial charge in [-0.05, 0) is 30.5 Å². The molecule has 1 fully saturated rings. The summed E-state index contributed by atoms with van der Waals surface area (Å²) in [5.74, 6) is -1.53. The SMILES string of the molecule is COC(=O)CCN(Cc1ccccc1)C(=O)C1CCN(c2ccc3nnc(C(F)(F)F)n3n2)CC1. The Morgan fingerprint density at radius 1 is 1.09 bits per heavy atom. The number of carbonyl (C=O) groups excluding carboxylic acids is 2. The minimum Gasteiger partial charge on any atom is -0.469 e. The van der Waals surface area contributed by atoms with Gasteiger partial charge in [-0.1, -0.05) is 30.3 Å². The zero-order valence-corrected chi connectivity index (χ0v) is 19.1. The van der Waals surface area contributed by atoms with Crippen LogP contribution < -0.4 is 4.90 Å². The summed E-state index contributed by atoms with van der Waals surface area (Å²) in [5, 5.41) is 10.8. The molecule has 0 aliphatic carbocycles. The third-order valence-electron chi connectivity index (χ3n) is 6.01. The van der Waals surface area contributed by atoms with Gasteiger partial charge >= 0.3 is 12.1 Å². The van der Waals surface area contributed by atoms with Crippen LogP contribution >= 0.6 is 0 Å². The largest absolute Gasteiger partial charge is 0.469 e. The summed E-state index contributed by atoms with van der Waals surface area (Å²) in [5.41, 5.74) is 0.961. The van der Waals surface area contributed by atoms with E-state index in [9.17, 15) is 22.8 Å². The lowest BCUT2D eigenvalue weighted by Crippen LogP contribution is -2.43. The molecule has 0 saturated carbocycles. The molecule has 4 rings (SSSR count). The van der Waals surface area contributed by atoms with Crippen molar-refractivity contribution in [1.82, 2.24) is 24.7 Å². The van der Waals surface area contributed by atoms with E-state index in [0.717, 1.165) is 5.56 Å². The molecule has 0 bridgehead atoms. The molecular formula is C23H25F3N6O3. The van der Waals surface area contributed by atoms with Gasteiger partial charge in [0.25, 0.3) is 5.82 Å². The molecule has 1 saturated heterocycles. The molecule has 3 heterocycles. The van der Waals surface area contributed by atoms with Crippen molar-refractivity contribution in [3.63, 3.8) is 0 Å². The van der Waals surface area contributed by atoms with Crippen molar-refractivity contribution >= 4 is 23.3 Å². The van der Waals surface area contributed by atoms with E-state index in [4.69, 9.17) is 4.74 Å². The molecule has 1 aromatic carbocycles. The number of esters is 1. The number of benzene rings is 1. The molecule has 0 N–H and O–H groups in total. The van der Waals surface area contributed by atoms with E-state index in [0.29, 0.717) is 42.8 Å². The number of carbonyl (C=O) groups is 2. The summed E-state index contributed by atoms with van der Waals surface area (Å²) in [6.07, 6.45) is -3.55. The second kappa shape index (κ2) is 10.3. The van der Waals surface area contributed by atoms with Crippen molar-refractivity contribution in [3.05, 3.63) is 53.9 Å². The first kappa shape index (κ1) is 24.4. The fraction of sp³-hybridized carbons (Fsp3) is 0.435. The minimum atomic E-state index is -4.67. The second-order valence-corrected chi connectivity index (χ2v) is 8.32. The van der Waals surface area contributed by atoms with E-state index < -0.39 is 12.0 Å². The number of halogens is 3. The zero-order valence-electron chi connectivity index (χ0n) is 19.1. The first-order chi connectivity index (χ1) is 16.8. The number of anilines is 1. The van der Waals surface area contributed by atoms with Gasteiger partial charge in [-0.3, -0.25) is 9.59 Å². The van der Waals surface area contributed by atoms with Gasteiger partial charge < -0.3 is 14.5 Å². The van der Waals surface area contributed by atoms with Crippen LogP contribution in [0.25, 0.3) is 5.65 Å². The zero-order chi connectivity index (χ0) is 25.0. The Balaban J connectivity index is 1.44. The predicted molar refractivity (Wildman–Crippen MR) is 119 cm³/mol. The fourth-order valence-electron chi connectivity index (χ4n) is 4.14. The number of nitrogens with zero attached hydrogens (tertiary/aromatic N) is 6. The molecule has 9 nitrogen and oxygen atoms in total. The Morgan fingerprint density at radius 3 is 2.46 bits per heavy atom. The highest BCUT2D eigenvalue weighted by Gasteiger charge is 2.38. The number of ether oxygens (including phenoxy) is 1. The van der Waals surface area contributed by atoms with Crippen LogP contribution in [0.4, 0.5) is 19.0 Å². The Labute approximate surface area is 199 Å². The monoisotopic (exact) mass is 490 g/mol. The number of aromatic nitrogens is 4. The van der Waals surface area contributed by atoms with Crippen LogP contribution in [-0.2, 0) is 27.0 Å². The van der Waals surface area contributed by atoms with Crippen molar-refractivity contribution in [2.45, 2.75) is 32.0 Å². The summed E-state index contributed by atoms with van der Waals surface area (Å²) in [7, 11) is 1.31. The van der Waals surface area contributed by atoms with Crippen LogP contribution in [0.1, 0.15) is 30.7 Å². The van der Waals surface area contributed by atoms with E-state index in [2.05, 4.69) is 15.3 Å². The topological polar surface area (TPSA) is 92.9 Å². The number of alkyl halides is 3. The molecule has 186 valence electrons. The first-order valence-corrected chi connectivity index (χ1v) is 11.2. The maximum atomic E-state index is 13.3. The van der Waals surface area contributed by atoms with Gasteiger partial charge in [-0.25, -0.2) is 0 Å². The quantitative estimate of drug-likeness (QED) is 0.470. The molecule has 0 unspecified atom stereocenters. The third-order valence-corrected chi connectivity index (χ3v) is 6.01. The molecule has 1 aliphatic rings. The van der Waals surface area contributed by atoms with E-state index >= 15 is 0 Å². The van der Waals surface area contributed by atoms with Gasteiger partial charge in [-0.15, -0.1) is 15.3 Å². The van der Waals surface area contributed by atoms with Crippen LogP contribution in [-0.4, -0.2) is 63.3 Å². The van der Waals surface area contributed by atoms with E-state index in [-0.39, 0.29) is 36.4 Å². The number of methoxy groups -OCH3 is 1. The van der Waals surface area contributed by atoms with Crippen molar-refractivity contribution in [1.29, 1.82) is 0 Å². The van der Waals surface area contributed by atoms with Crippen molar-refractivity contribution < 1.29 is 27.5 Å². The molecule has 3 aromatic rings. The molecule has 35 heavy (non-hydrogen) atoms. The van der Waals surface area contributed by atoms with Gasteiger partial charge in [-0.2, -0.15) is 17.7 Å². The smallest absolute Gasteiger partial charge is 0.453 e. The van der Waals surface area contributed by atoms with Crippen molar-refractivity contribution in [2.24, 2.45) is 5.92 Å². The number of piperidine rings is 1. The number of fused-ring (bicyclic) bond motifs is 1. The van der Waals surface area contributed by atoms with Crippen LogP contribution in [0.2, 0.25) is 0 Å². The highest BCUT2D eigenvalue weighted by Crippen LogP contribution is 2.29. The van der Waals surface area contributed by atoms with Gasteiger partial charge in [0.05, 0.1) is 13.5 Å². The van der Waals surface area contributed by atoms with Crippen LogP contribution in [0.3, 0.4) is 0 Å². The Hall–Kier alpha value is -3.70. The fourth-order valence-corrected chi connectivity index (χ4v) is 4.14. The Kier molecular flexibility index (Phi) is 7.17. The molecule has 0 spiro atoms. The number of amides is 1. The molecule has 12 heteroatoms. The lowest BCUT2D eigenvalue weighted by atomic mass is 9.95. The van der Waals surface area contributed by atoms with Crippen LogP contribution in [0, 0.1) is 5.92 Å². The van der Waals surface area contributed by atoms with Gasteiger partial charge in [0.2, 0.25) is 5.91 Å². The van der Waals surface area contributed by atoms with Crippen LogP contribution in [0.15, 0.2) is 42.5 Å². The van der Waals surface area contributed by atoms with E-state index in [1.807, 2.05) is 35.2 Å². The lowest BCUT2D eigenvalue weighted by Gasteiger charge is -2.34. The standard InChI is InChI=1S/C23H25F3N6O3/c1-35-20(33)11-14-31(15-16-5-3-2-4-6-16)21(34)17-9-12-30(13-10-17)19-8-7-18-27-28-22(23(24,25)26)32(18)29-19/h2-8,17H,9-15H2,1H3. The van der Waals surface area contributed by atoms with E-state index in [1.54, 1.807) is 11.0 Å². The molecule has 0 atom stereocenters. The highest BCUT2D eigenvalue weighted by atomic mass is 19.4. The predicted octanol–water partition coefficient (Wildman–Crippen LogP) is 2.95. The Morgan fingerprint density at radius 2 is 1.80 bits per heavy atom. The minimum absolute atomic E-state index is 0.00768. The molecule has 0 radical (unpaired) electrons. The summed E-state index contributed by atoms with van der Waals surface area (Å²) < 4.78 is 45.0. The second-order valence-electron chi connectivity index (χ2n) is 8.32. The molecule has 2 aromatic heterocycles. The molecule has 1 amide bonds. The molecule has 1 aliphatic heterocycles. The van der Waals surface area contributed by atoms with Crippen molar-refractivity contribution in [3.8, 4) is 0 Å². The summed E-state index contributed by atoms with van der Waals surface area (Å²) in [6, 6.07) is 12.6. The number of rotatable bonds is 7. The average Bonchev–Trinajstić information content (AvgIpc) is 3.30. The maximum absolute atomic E-state index is 13.3. The number of hydrogen-bond acceptors (Lipinski definition) is 7. The van der Waals surface area contributed by atoms with Crippen LogP contribution in [0.5, 0.6) is 0 Å². The third kappa shape index (κ3) is 5.69. The average molecular weight is 490 g/mol. The first-order valence-electron chi connectivity index (χ1n) is 11.2. The van der Waals surface area contributed by atoms with Gasteiger partial charge in [0, 0.05) is 32.1 Å². The normalized spacial score (nSPS) is 14.8. The summed E-state index contributed by atoms with van der Waals surface area (Å²) >= 11 is 0. The van der Waals surface area contributed by atoms with Gasteiger partial charge in [0.15, 0.2) is 5.65 Å². The van der Waals surface area contributed by atoms with Gasteiger partial charge in [0.1, 0.15) is 5.82 Å². The van der Waals surface area contributed by atoms with E-state index in [1.165, 1.54) is 13.2 Å². The Bertz CT molecular complexity index is 1180. The maximum Gasteiger partial charge on any atom is 0.453 e. The highest BCUT2D eigenvalue weighted by molar-refractivity contribution is 5.80. The number of hydrogen-bond donors (Lipinski definition) is 0. The molecular weight excluding hydrogens is 465 g/mol. The summed E-state index contributed by atoms with van der Waals surface area (Å²) in [4.78, 5) is 28.5.